The molecule has 84 valence electrons. The summed E-state index contributed by atoms with van der Waals surface area (Å²) >= 11 is 0. The maximum absolute atomic E-state index is 10.4. The van der Waals surface area contributed by atoms with Crippen LogP contribution in [0.5, 0.6) is 0 Å². The lowest BCUT2D eigenvalue weighted by Gasteiger charge is -2.23. The van der Waals surface area contributed by atoms with Crippen molar-refractivity contribution >= 4 is 5.97 Å². The van der Waals surface area contributed by atoms with Crippen molar-refractivity contribution in [2.45, 2.75) is 38.6 Å². The number of rotatable bonds is 4. The normalized spacial score (nSPS) is 34.7. The van der Waals surface area contributed by atoms with E-state index in [1.54, 1.807) is 0 Å². The average Bonchev–Trinajstić information content (AvgIpc) is 2.74. The third-order valence-electron chi connectivity index (χ3n) is 3.75. The van der Waals surface area contributed by atoms with Gasteiger partial charge in [-0.05, 0) is 38.0 Å². The first-order valence-electron chi connectivity index (χ1n) is 5.78. The Kier molecular flexibility index (Phi) is 3.10. The van der Waals surface area contributed by atoms with Gasteiger partial charge in [0.25, 0.3) is 0 Å². The highest BCUT2D eigenvalue weighted by Gasteiger charge is 2.38. The summed E-state index contributed by atoms with van der Waals surface area (Å²) in [6.45, 7) is 2.59. The molecule has 2 saturated carbocycles. The quantitative estimate of drug-likeness (QED) is 0.694. The van der Waals surface area contributed by atoms with E-state index < -0.39 is 5.97 Å². The predicted molar refractivity (Wildman–Crippen MR) is 58.6 cm³/mol. The highest BCUT2D eigenvalue weighted by atomic mass is 16.4. The molecule has 0 aromatic carbocycles. The van der Waals surface area contributed by atoms with Gasteiger partial charge in [-0.25, -0.2) is 4.79 Å². The Bertz CT molecular complexity index is 285. The number of fused-ring (bicyclic) bond motifs is 2. The molecule has 2 N–H and O–H groups in total. The number of aliphatic carboxylic acids is 1. The summed E-state index contributed by atoms with van der Waals surface area (Å²) in [7, 11) is 0. The first-order chi connectivity index (χ1) is 7.15. The van der Waals surface area contributed by atoms with Crippen LogP contribution >= 0.6 is 0 Å². The van der Waals surface area contributed by atoms with Crippen LogP contribution in [0.15, 0.2) is 11.6 Å². The zero-order valence-corrected chi connectivity index (χ0v) is 9.20. The molecular formula is C12H19NO2. The number of hydrogen-bond acceptors (Lipinski definition) is 2. The van der Waals surface area contributed by atoms with Gasteiger partial charge in [-0.15, -0.1) is 0 Å². The van der Waals surface area contributed by atoms with Crippen molar-refractivity contribution in [3.05, 3.63) is 11.6 Å². The van der Waals surface area contributed by atoms with Gasteiger partial charge in [0.15, 0.2) is 0 Å². The SMILES string of the molecule is CC(=CC(=O)O)CNC1CC2CCC1C2. The van der Waals surface area contributed by atoms with E-state index in [-0.39, 0.29) is 0 Å². The Labute approximate surface area is 90.6 Å². The Hall–Kier alpha value is -0.830. The zero-order valence-electron chi connectivity index (χ0n) is 9.20. The minimum Gasteiger partial charge on any atom is -0.478 e. The molecule has 3 nitrogen and oxygen atoms in total. The monoisotopic (exact) mass is 209 g/mol. The molecule has 0 saturated heterocycles. The number of carboxylic acids is 1. The van der Waals surface area contributed by atoms with Crippen LogP contribution in [0.25, 0.3) is 0 Å². The van der Waals surface area contributed by atoms with Crippen molar-refractivity contribution in [2.75, 3.05) is 6.54 Å². The lowest BCUT2D eigenvalue weighted by molar-refractivity contribution is -0.131. The molecule has 3 heteroatoms. The molecule has 2 bridgehead atoms. The van der Waals surface area contributed by atoms with Crippen LogP contribution in [-0.2, 0) is 4.79 Å². The van der Waals surface area contributed by atoms with Crippen LogP contribution in [0, 0.1) is 11.8 Å². The third-order valence-corrected chi connectivity index (χ3v) is 3.75. The molecule has 2 fully saturated rings. The summed E-state index contributed by atoms with van der Waals surface area (Å²) < 4.78 is 0. The average molecular weight is 209 g/mol. The summed E-state index contributed by atoms with van der Waals surface area (Å²) in [4.78, 5) is 10.4. The van der Waals surface area contributed by atoms with Gasteiger partial charge in [0.05, 0.1) is 0 Å². The van der Waals surface area contributed by atoms with Gasteiger partial charge in [-0.3, -0.25) is 0 Å². The van der Waals surface area contributed by atoms with Crippen molar-refractivity contribution in [3.63, 3.8) is 0 Å². The molecule has 2 rings (SSSR count). The van der Waals surface area contributed by atoms with Crippen LogP contribution < -0.4 is 5.32 Å². The van der Waals surface area contributed by atoms with Gasteiger partial charge in [-0.2, -0.15) is 0 Å². The summed E-state index contributed by atoms with van der Waals surface area (Å²) in [5.74, 6) is 0.950. The molecule has 0 amide bonds. The first-order valence-corrected chi connectivity index (χ1v) is 5.78. The fourth-order valence-electron chi connectivity index (χ4n) is 3.05. The summed E-state index contributed by atoms with van der Waals surface area (Å²) in [6, 6.07) is 0.640. The molecular weight excluding hydrogens is 190 g/mol. The molecule has 3 unspecified atom stereocenters. The van der Waals surface area contributed by atoms with Crippen LogP contribution in [0.3, 0.4) is 0 Å². The molecule has 0 aliphatic heterocycles. The van der Waals surface area contributed by atoms with Gasteiger partial charge in [0.1, 0.15) is 0 Å². The predicted octanol–water partition coefficient (Wildman–Crippen LogP) is 1.80. The van der Waals surface area contributed by atoms with Crippen LogP contribution in [0.1, 0.15) is 32.6 Å². The highest BCUT2D eigenvalue weighted by molar-refractivity contribution is 5.80. The number of nitrogens with one attached hydrogen (secondary N) is 1. The third kappa shape index (κ3) is 2.59. The van der Waals surface area contributed by atoms with Gasteiger partial charge in [0, 0.05) is 18.7 Å². The first kappa shape index (κ1) is 10.7. The lowest BCUT2D eigenvalue weighted by Crippen LogP contribution is -2.34. The van der Waals surface area contributed by atoms with E-state index in [1.807, 2.05) is 6.92 Å². The second-order valence-corrected chi connectivity index (χ2v) is 4.99. The van der Waals surface area contributed by atoms with Gasteiger partial charge < -0.3 is 10.4 Å². The van der Waals surface area contributed by atoms with E-state index in [1.165, 1.54) is 31.8 Å². The number of carbonyl (C=O) groups is 1. The maximum atomic E-state index is 10.4. The van der Waals surface area contributed by atoms with E-state index in [2.05, 4.69) is 5.32 Å². The minimum absolute atomic E-state index is 0.640. The van der Waals surface area contributed by atoms with E-state index >= 15 is 0 Å². The van der Waals surface area contributed by atoms with Crippen molar-refractivity contribution in [1.82, 2.24) is 5.32 Å². The smallest absolute Gasteiger partial charge is 0.328 e. The van der Waals surface area contributed by atoms with Gasteiger partial charge >= 0.3 is 5.97 Å². The van der Waals surface area contributed by atoms with Crippen molar-refractivity contribution < 1.29 is 9.90 Å². The Morgan fingerprint density at radius 1 is 1.47 bits per heavy atom. The second kappa shape index (κ2) is 4.35. The summed E-state index contributed by atoms with van der Waals surface area (Å²) in [5.41, 5.74) is 0.908. The van der Waals surface area contributed by atoms with Crippen LogP contribution in [-0.4, -0.2) is 23.7 Å². The second-order valence-electron chi connectivity index (χ2n) is 4.99. The number of hydrogen-bond donors (Lipinski definition) is 2. The molecule has 0 aromatic heterocycles. The molecule has 0 spiro atoms. The number of carboxylic acid groups (broad SMARTS) is 1. The Balaban J connectivity index is 1.77. The summed E-state index contributed by atoms with van der Waals surface area (Å²) in [5, 5.41) is 12.1. The highest BCUT2D eigenvalue weighted by Crippen LogP contribution is 2.44. The van der Waals surface area contributed by atoms with Crippen molar-refractivity contribution in [3.8, 4) is 0 Å². The molecule has 0 aromatic rings. The fraction of sp³-hybridized carbons (Fsp3) is 0.750. The molecule has 2 aliphatic rings. The molecule has 2 aliphatic carbocycles. The fourth-order valence-corrected chi connectivity index (χ4v) is 3.05. The van der Waals surface area contributed by atoms with Crippen LogP contribution in [0.2, 0.25) is 0 Å². The van der Waals surface area contributed by atoms with E-state index in [0.29, 0.717) is 6.04 Å². The van der Waals surface area contributed by atoms with E-state index in [0.717, 1.165) is 24.0 Å². The van der Waals surface area contributed by atoms with Crippen LogP contribution in [0.4, 0.5) is 0 Å². The maximum Gasteiger partial charge on any atom is 0.328 e. The van der Waals surface area contributed by atoms with Crippen molar-refractivity contribution in [2.24, 2.45) is 11.8 Å². The van der Waals surface area contributed by atoms with Crippen molar-refractivity contribution in [1.29, 1.82) is 0 Å². The van der Waals surface area contributed by atoms with Gasteiger partial charge in [0.2, 0.25) is 0 Å². The van der Waals surface area contributed by atoms with E-state index in [9.17, 15) is 4.79 Å². The summed E-state index contributed by atoms with van der Waals surface area (Å²) in [6.07, 6.45) is 6.75. The molecule has 15 heavy (non-hydrogen) atoms. The largest absolute Gasteiger partial charge is 0.478 e. The minimum atomic E-state index is -0.845. The zero-order chi connectivity index (χ0) is 10.8. The Morgan fingerprint density at radius 2 is 2.27 bits per heavy atom. The standard InChI is InChI=1S/C12H19NO2/c1-8(4-12(14)15)7-13-11-6-9-2-3-10(11)5-9/h4,9-11,13H,2-3,5-7H2,1H3,(H,14,15). The Morgan fingerprint density at radius 3 is 2.80 bits per heavy atom. The molecule has 3 atom stereocenters. The molecule has 0 heterocycles. The van der Waals surface area contributed by atoms with Gasteiger partial charge in [-0.1, -0.05) is 12.0 Å². The van der Waals surface area contributed by atoms with E-state index in [4.69, 9.17) is 5.11 Å². The molecule has 0 radical (unpaired) electrons. The lowest BCUT2D eigenvalue weighted by atomic mass is 9.95. The topological polar surface area (TPSA) is 49.3 Å².